The Balaban J connectivity index is 1.84. The van der Waals surface area contributed by atoms with Crippen LogP contribution in [0.5, 0.6) is 0 Å². The van der Waals surface area contributed by atoms with Gasteiger partial charge in [-0.15, -0.1) is 0 Å². The van der Waals surface area contributed by atoms with Gasteiger partial charge in [0.15, 0.2) is 0 Å². The van der Waals surface area contributed by atoms with E-state index >= 15 is 0 Å². The molecule has 2 rings (SSSR count). The summed E-state index contributed by atoms with van der Waals surface area (Å²) in [6.07, 6.45) is 2.72. The van der Waals surface area contributed by atoms with E-state index in [2.05, 4.69) is 38.2 Å². The van der Waals surface area contributed by atoms with Crippen LogP contribution in [0.25, 0.3) is 0 Å². The first-order valence-electron chi connectivity index (χ1n) is 7.70. The molecule has 0 saturated carbocycles. The fourth-order valence-corrected chi connectivity index (χ4v) is 2.78. The van der Waals surface area contributed by atoms with E-state index in [0.717, 1.165) is 31.6 Å². The molecule has 1 aromatic rings. The lowest BCUT2D eigenvalue weighted by molar-refractivity contribution is -0.118. The van der Waals surface area contributed by atoms with Gasteiger partial charge in [0.05, 0.1) is 0 Å². The number of nitrogens with one attached hydrogen (secondary N) is 1. The Kier molecular flexibility index (Phi) is 5.18. The lowest BCUT2D eigenvalue weighted by atomic mass is 10.1. The van der Waals surface area contributed by atoms with Gasteiger partial charge in [-0.25, -0.2) is 0 Å². The summed E-state index contributed by atoms with van der Waals surface area (Å²) in [5, 5.41) is 3.36. The summed E-state index contributed by atoms with van der Waals surface area (Å²) in [7, 11) is 0. The molecule has 1 heterocycles. The minimum Gasteiger partial charge on any atom is -0.316 e. The second kappa shape index (κ2) is 6.89. The van der Waals surface area contributed by atoms with Crippen LogP contribution in [0.4, 0.5) is 5.69 Å². The first kappa shape index (κ1) is 15.0. The average Bonchev–Trinajstić information content (AvgIpc) is 2.73. The molecule has 20 heavy (non-hydrogen) atoms. The largest absolute Gasteiger partial charge is 0.316 e. The van der Waals surface area contributed by atoms with E-state index in [1.807, 2.05) is 17.0 Å². The van der Waals surface area contributed by atoms with Crippen LogP contribution in [-0.4, -0.2) is 25.0 Å². The van der Waals surface area contributed by atoms with Gasteiger partial charge in [-0.2, -0.15) is 0 Å². The average molecular weight is 274 g/mol. The number of rotatable bonds is 6. The monoisotopic (exact) mass is 274 g/mol. The third-order valence-corrected chi connectivity index (χ3v) is 3.89. The molecule has 1 aliphatic heterocycles. The molecule has 1 aromatic carbocycles. The normalized spacial score (nSPS) is 17.6. The lowest BCUT2D eigenvalue weighted by Gasteiger charge is -2.23. The van der Waals surface area contributed by atoms with Gasteiger partial charge in [0.25, 0.3) is 0 Å². The van der Waals surface area contributed by atoms with Crippen molar-refractivity contribution in [3.8, 4) is 0 Å². The minimum absolute atomic E-state index is 0.236. The molecule has 0 radical (unpaired) electrons. The van der Waals surface area contributed by atoms with Crippen molar-refractivity contribution in [3.05, 3.63) is 29.8 Å². The summed E-state index contributed by atoms with van der Waals surface area (Å²) in [5.74, 6) is 0.947. The summed E-state index contributed by atoms with van der Waals surface area (Å²) in [5.41, 5.74) is 2.40. The van der Waals surface area contributed by atoms with E-state index in [1.165, 1.54) is 5.56 Å². The zero-order valence-corrected chi connectivity index (χ0v) is 12.9. The Morgan fingerprint density at radius 1 is 1.35 bits per heavy atom. The molecule has 0 aliphatic carbocycles. The van der Waals surface area contributed by atoms with Gasteiger partial charge in [-0.05, 0) is 43.9 Å². The number of fused-ring (bicyclic) bond motifs is 1. The van der Waals surface area contributed by atoms with Crippen molar-refractivity contribution in [1.29, 1.82) is 0 Å². The molecule has 1 aliphatic rings. The van der Waals surface area contributed by atoms with Gasteiger partial charge in [-0.1, -0.05) is 32.0 Å². The van der Waals surface area contributed by atoms with Gasteiger partial charge < -0.3 is 10.2 Å². The van der Waals surface area contributed by atoms with Crippen molar-refractivity contribution < 1.29 is 4.79 Å². The fourth-order valence-electron chi connectivity index (χ4n) is 2.78. The summed E-state index contributed by atoms with van der Waals surface area (Å²) in [4.78, 5) is 14.4. The number of hydrogen-bond acceptors (Lipinski definition) is 2. The maximum Gasteiger partial charge on any atom is 0.228 e. The van der Waals surface area contributed by atoms with Crippen LogP contribution in [0.3, 0.4) is 0 Å². The van der Waals surface area contributed by atoms with Crippen LogP contribution in [0.2, 0.25) is 0 Å². The van der Waals surface area contributed by atoms with Crippen molar-refractivity contribution in [1.82, 2.24) is 5.32 Å². The third-order valence-electron chi connectivity index (χ3n) is 3.89. The van der Waals surface area contributed by atoms with Crippen LogP contribution in [0.1, 0.15) is 39.2 Å². The summed E-state index contributed by atoms with van der Waals surface area (Å²) >= 11 is 0. The number of carbonyl (C=O) groups excluding carboxylic acids is 1. The number of carbonyl (C=O) groups is 1. The van der Waals surface area contributed by atoms with Crippen LogP contribution >= 0.6 is 0 Å². The number of benzene rings is 1. The summed E-state index contributed by atoms with van der Waals surface area (Å²) in [6.45, 7) is 8.34. The van der Waals surface area contributed by atoms with E-state index in [-0.39, 0.29) is 11.9 Å². The maximum absolute atomic E-state index is 12.4. The van der Waals surface area contributed by atoms with Gasteiger partial charge >= 0.3 is 0 Å². The second-order valence-electron chi connectivity index (χ2n) is 6.13. The standard InChI is InChI=1S/C17H26N2O/c1-13(2)8-10-18-11-9-17(20)19-14(3)12-15-6-4-5-7-16(15)19/h4-7,13-14,18H,8-12H2,1-3H3. The van der Waals surface area contributed by atoms with Crippen molar-refractivity contribution in [2.24, 2.45) is 5.92 Å². The molecule has 1 unspecified atom stereocenters. The smallest absolute Gasteiger partial charge is 0.228 e. The molecular formula is C17H26N2O. The number of nitrogens with zero attached hydrogens (tertiary/aromatic N) is 1. The molecule has 0 saturated heterocycles. The Hall–Kier alpha value is -1.35. The van der Waals surface area contributed by atoms with Gasteiger partial charge in [0.2, 0.25) is 5.91 Å². The Morgan fingerprint density at radius 2 is 2.10 bits per heavy atom. The molecule has 3 heteroatoms. The maximum atomic E-state index is 12.4. The molecule has 1 atom stereocenters. The predicted molar refractivity (Wildman–Crippen MR) is 84.0 cm³/mol. The van der Waals surface area contributed by atoms with Crippen LogP contribution in [0, 0.1) is 5.92 Å². The van der Waals surface area contributed by atoms with Crippen molar-refractivity contribution in [2.45, 2.75) is 46.1 Å². The van der Waals surface area contributed by atoms with Crippen LogP contribution < -0.4 is 10.2 Å². The molecule has 0 aromatic heterocycles. The number of amides is 1. The third kappa shape index (κ3) is 3.60. The van der Waals surface area contributed by atoms with Gasteiger partial charge in [-0.3, -0.25) is 4.79 Å². The van der Waals surface area contributed by atoms with Gasteiger partial charge in [0, 0.05) is 24.7 Å². The topological polar surface area (TPSA) is 32.3 Å². The number of para-hydroxylation sites is 1. The highest BCUT2D eigenvalue weighted by atomic mass is 16.2. The van der Waals surface area contributed by atoms with Crippen molar-refractivity contribution in [2.75, 3.05) is 18.0 Å². The van der Waals surface area contributed by atoms with E-state index in [9.17, 15) is 4.79 Å². The number of hydrogen-bond donors (Lipinski definition) is 1. The SMILES string of the molecule is CC(C)CCNCCC(=O)N1c2ccccc2CC1C. The molecule has 0 fully saturated rings. The highest BCUT2D eigenvalue weighted by Crippen LogP contribution is 2.32. The molecule has 0 spiro atoms. The molecule has 1 N–H and O–H groups in total. The fraction of sp³-hybridized carbons (Fsp3) is 0.588. The Labute approximate surface area is 122 Å². The summed E-state index contributed by atoms with van der Waals surface area (Å²) < 4.78 is 0. The van der Waals surface area contributed by atoms with E-state index in [0.29, 0.717) is 12.3 Å². The molecule has 1 amide bonds. The second-order valence-corrected chi connectivity index (χ2v) is 6.13. The predicted octanol–water partition coefficient (Wildman–Crippen LogP) is 2.99. The quantitative estimate of drug-likeness (QED) is 0.809. The zero-order chi connectivity index (χ0) is 14.5. The first-order valence-corrected chi connectivity index (χ1v) is 7.70. The van der Waals surface area contributed by atoms with Crippen molar-refractivity contribution in [3.63, 3.8) is 0 Å². The van der Waals surface area contributed by atoms with Crippen molar-refractivity contribution >= 4 is 11.6 Å². The van der Waals surface area contributed by atoms with Crippen LogP contribution in [-0.2, 0) is 11.2 Å². The van der Waals surface area contributed by atoms with Gasteiger partial charge in [0.1, 0.15) is 0 Å². The van der Waals surface area contributed by atoms with E-state index in [4.69, 9.17) is 0 Å². The minimum atomic E-state index is 0.236. The molecular weight excluding hydrogens is 248 g/mol. The first-order chi connectivity index (χ1) is 9.59. The molecule has 3 nitrogen and oxygen atoms in total. The molecule has 0 bridgehead atoms. The Bertz CT molecular complexity index is 456. The molecule has 110 valence electrons. The van der Waals surface area contributed by atoms with E-state index in [1.54, 1.807) is 0 Å². The van der Waals surface area contributed by atoms with Crippen LogP contribution in [0.15, 0.2) is 24.3 Å². The highest BCUT2D eigenvalue weighted by molar-refractivity contribution is 5.96. The highest BCUT2D eigenvalue weighted by Gasteiger charge is 2.29. The Morgan fingerprint density at radius 3 is 2.85 bits per heavy atom. The number of anilines is 1. The summed E-state index contributed by atoms with van der Waals surface area (Å²) in [6, 6.07) is 8.53. The van der Waals surface area contributed by atoms with E-state index < -0.39 is 0 Å². The lowest BCUT2D eigenvalue weighted by Crippen LogP contribution is -2.37. The zero-order valence-electron chi connectivity index (χ0n) is 12.9.